The summed E-state index contributed by atoms with van der Waals surface area (Å²) < 4.78 is 45.5. The lowest BCUT2D eigenvalue weighted by molar-refractivity contribution is -0.157. The van der Waals surface area contributed by atoms with E-state index in [1.807, 2.05) is 37.3 Å². The van der Waals surface area contributed by atoms with Gasteiger partial charge in [0.1, 0.15) is 11.9 Å². The molecule has 2 aromatic carbocycles. The summed E-state index contributed by atoms with van der Waals surface area (Å²) in [5.41, 5.74) is 1.71. The van der Waals surface area contributed by atoms with Crippen LogP contribution < -0.4 is 9.47 Å². The fourth-order valence-corrected chi connectivity index (χ4v) is 4.98. The minimum absolute atomic E-state index is 0.194. The van der Waals surface area contributed by atoms with E-state index in [1.54, 1.807) is 6.07 Å². The SMILES string of the molecule is CCCCCCCCOc1ccc(-c2ccc(OCC3CCC(OC(=O)[C@H](F)CCCC)CC3)cc2)cc1F. The Balaban J connectivity index is 1.37. The highest BCUT2D eigenvalue weighted by Crippen LogP contribution is 2.30. The number of hydrogen-bond donors (Lipinski definition) is 0. The summed E-state index contributed by atoms with van der Waals surface area (Å²) >= 11 is 0. The van der Waals surface area contributed by atoms with Crippen LogP contribution in [0.25, 0.3) is 11.1 Å². The number of ether oxygens (including phenoxy) is 3. The molecule has 0 amide bonds. The molecule has 1 aliphatic carbocycles. The molecule has 2 aromatic rings. The van der Waals surface area contributed by atoms with E-state index in [2.05, 4.69) is 6.92 Å². The van der Waals surface area contributed by atoms with E-state index < -0.39 is 12.1 Å². The van der Waals surface area contributed by atoms with E-state index >= 15 is 0 Å². The lowest BCUT2D eigenvalue weighted by Crippen LogP contribution is -2.30. The predicted molar refractivity (Wildman–Crippen MR) is 152 cm³/mol. The molecule has 0 aromatic heterocycles. The number of hydrogen-bond acceptors (Lipinski definition) is 4. The Hall–Kier alpha value is -2.63. The minimum Gasteiger partial charge on any atom is -0.493 e. The first-order valence-corrected chi connectivity index (χ1v) is 15.0. The summed E-state index contributed by atoms with van der Waals surface area (Å²) in [5.74, 6) is 0.390. The van der Waals surface area contributed by atoms with Gasteiger partial charge < -0.3 is 14.2 Å². The Morgan fingerprint density at radius 1 is 0.846 bits per heavy atom. The number of halogens is 2. The van der Waals surface area contributed by atoms with Crippen LogP contribution >= 0.6 is 0 Å². The lowest BCUT2D eigenvalue weighted by atomic mass is 9.88. The molecule has 4 nitrogen and oxygen atoms in total. The molecule has 0 N–H and O–H groups in total. The number of esters is 1. The van der Waals surface area contributed by atoms with Gasteiger partial charge in [0.05, 0.1) is 13.2 Å². The Morgan fingerprint density at radius 3 is 2.21 bits per heavy atom. The van der Waals surface area contributed by atoms with Gasteiger partial charge in [-0.3, -0.25) is 0 Å². The van der Waals surface area contributed by atoms with Crippen LogP contribution in [0.2, 0.25) is 0 Å². The summed E-state index contributed by atoms with van der Waals surface area (Å²) in [4.78, 5) is 11.9. The van der Waals surface area contributed by atoms with Crippen molar-refractivity contribution in [2.75, 3.05) is 13.2 Å². The molecule has 6 heteroatoms. The van der Waals surface area contributed by atoms with Gasteiger partial charge in [-0.1, -0.05) is 77.0 Å². The van der Waals surface area contributed by atoms with Crippen molar-refractivity contribution < 1.29 is 27.8 Å². The first-order valence-electron chi connectivity index (χ1n) is 15.0. The van der Waals surface area contributed by atoms with Crippen molar-refractivity contribution in [3.63, 3.8) is 0 Å². The summed E-state index contributed by atoms with van der Waals surface area (Å²) in [6.07, 6.45) is 10.4. The molecular weight excluding hydrogens is 498 g/mol. The van der Waals surface area contributed by atoms with Crippen molar-refractivity contribution in [1.29, 1.82) is 0 Å². The van der Waals surface area contributed by atoms with Crippen molar-refractivity contribution in [3.05, 3.63) is 48.3 Å². The van der Waals surface area contributed by atoms with Crippen molar-refractivity contribution in [3.8, 4) is 22.6 Å². The highest BCUT2D eigenvalue weighted by Gasteiger charge is 2.27. The van der Waals surface area contributed by atoms with Gasteiger partial charge in [0, 0.05) is 0 Å². The molecule has 39 heavy (non-hydrogen) atoms. The van der Waals surface area contributed by atoms with Gasteiger partial charge in [0.2, 0.25) is 0 Å². The molecule has 0 heterocycles. The molecule has 0 saturated heterocycles. The zero-order valence-electron chi connectivity index (χ0n) is 23.8. The molecule has 0 unspecified atom stereocenters. The third kappa shape index (κ3) is 10.8. The summed E-state index contributed by atoms with van der Waals surface area (Å²) in [6, 6.07) is 12.8. The van der Waals surface area contributed by atoms with E-state index in [0.717, 1.165) is 61.8 Å². The van der Waals surface area contributed by atoms with E-state index in [9.17, 15) is 13.6 Å². The molecule has 1 fully saturated rings. The third-order valence-electron chi connectivity index (χ3n) is 7.50. The molecule has 0 radical (unpaired) electrons. The number of rotatable bonds is 17. The molecule has 3 rings (SSSR count). The number of alkyl halides is 1. The van der Waals surface area contributed by atoms with E-state index in [4.69, 9.17) is 14.2 Å². The Morgan fingerprint density at radius 2 is 1.51 bits per heavy atom. The smallest absolute Gasteiger partial charge is 0.340 e. The topological polar surface area (TPSA) is 44.8 Å². The zero-order chi connectivity index (χ0) is 27.9. The molecule has 216 valence electrons. The molecule has 0 spiro atoms. The van der Waals surface area contributed by atoms with Gasteiger partial charge in [0.15, 0.2) is 17.7 Å². The van der Waals surface area contributed by atoms with Crippen LogP contribution in [0.1, 0.15) is 97.3 Å². The first-order chi connectivity index (χ1) is 19.0. The fraction of sp³-hybridized carbons (Fsp3) is 0.606. The standard InChI is InChI=1S/C33H46F2O4/c1-3-5-7-8-9-10-22-37-32-21-16-27(23-31(32)35)26-14-19-28(20-15-26)38-24-25-12-17-29(18-13-25)39-33(36)30(34)11-6-4-2/h14-16,19-21,23,25,29-30H,3-13,17-18,22,24H2,1-2H3/t25?,29?,30-/m1/s1. The van der Waals surface area contributed by atoms with Gasteiger partial charge in [-0.05, 0) is 79.8 Å². The second kappa shape index (κ2) is 17.1. The van der Waals surface area contributed by atoms with Crippen LogP contribution in [0.4, 0.5) is 8.78 Å². The molecule has 1 atom stereocenters. The van der Waals surface area contributed by atoms with Crippen LogP contribution in [0.15, 0.2) is 42.5 Å². The lowest BCUT2D eigenvalue weighted by Gasteiger charge is -2.28. The number of unbranched alkanes of at least 4 members (excludes halogenated alkanes) is 6. The average Bonchev–Trinajstić information content (AvgIpc) is 2.96. The zero-order valence-corrected chi connectivity index (χ0v) is 23.8. The number of benzene rings is 2. The maximum atomic E-state index is 14.6. The minimum atomic E-state index is -1.51. The monoisotopic (exact) mass is 544 g/mol. The Labute approximate surface area is 233 Å². The van der Waals surface area contributed by atoms with E-state index in [-0.39, 0.29) is 18.3 Å². The number of carbonyl (C=O) groups excluding carboxylic acids is 1. The van der Waals surface area contributed by atoms with Crippen molar-refractivity contribution >= 4 is 5.97 Å². The van der Waals surface area contributed by atoms with E-state index in [1.165, 1.54) is 31.7 Å². The number of carbonyl (C=O) groups is 1. The third-order valence-corrected chi connectivity index (χ3v) is 7.50. The van der Waals surface area contributed by atoms with Crippen LogP contribution in [0, 0.1) is 11.7 Å². The maximum absolute atomic E-state index is 14.6. The van der Waals surface area contributed by atoms with E-state index in [0.29, 0.717) is 31.3 Å². The van der Waals surface area contributed by atoms with Crippen molar-refractivity contribution in [1.82, 2.24) is 0 Å². The van der Waals surface area contributed by atoms with Crippen LogP contribution in [0.5, 0.6) is 11.5 Å². The van der Waals surface area contributed by atoms with Gasteiger partial charge in [0.25, 0.3) is 0 Å². The molecule has 1 aliphatic rings. The summed E-state index contributed by atoms with van der Waals surface area (Å²) in [6.45, 7) is 5.30. The molecular formula is C33H46F2O4. The average molecular weight is 545 g/mol. The maximum Gasteiger partial charge on any atom is 0.340 e. The molecule has 1 saturated carbocycles. The molecule has 0 aliphatic heterocycles. The Kier molecular flexibility index (Phi) is 13.6. The summed E-state index contributed by atoms with van der Waals surface area (Å²) in [5, 5.41) is 0. The van der Waals surface area contributed by atoms with Crippen LogP contribution in [-0.2, 0) is 9.53 Å². The Bertz CT molecular complexity index is 970. The summed E-state index contributed by atoms with van der Waals surface area (Å²) in [7, 11) is 0. The normalized spacial score (nSPS) is 17.9. The fourth-order valence-electron chi connectivity index (χ4n) is 4.98. The predicted octanol–water partition coefficient (Wildman–Crippen LogP) is 9.24. The van der Waals surface area contributed by atoms with Crippen LogP contribution in [0.3, 0.4) is 0 Å². The highest BCUT2D eigenvalue weighted by molar-refractivity contribution is 5.74. The second-order valence-electron chi connectivity index (χ2n) is 10.8. The first kappa shape index (κ1) is 30.9. The largest absolute Gasteiger partial charge is 0.493 e. The van der Waals surface area contributed by atoms with Gasteiger partial charge in [-0.2, -0.15) is 0 Å². The molecule has 0 bridgehead atoms. The van der Waals surface area contributed by atoms with Crippen molar-refractivity contribution in [2.24, 2.45) is 5.92 Å². The van der Waals surface area contributed by atoms with Gasteiger partial charge in [-0.15, -0.1) is 0 Å². The second-order valence-corrected chi connectivity index (χ2v) is 10.8. The van der Waals surface area contributed by atoms with Gasteiger partial charge >= 0.3 is 5.97 Å². The van der Waals surface area contributed by atoms with Crippen molar-refractivity contribution in [2.45, 2.75) is 110 Å². The highest BCUT2D eigenvalue weighted by atomic mass is 19.1. The van der Waals surface area contributed by atoms with Crippen LogP contribution in [-0.4, -0.2) is 31.5 Å². The quantitative estimate of drug-likeness (QED) is 0.147. The van der Waals surface area contributed by atoms with Gasteiger partial charge in [-0.25, -0.2) is 13.6 Å².